The molecule has 114 valence electrons. The third kappa shape index (κ3) is 3.59. The van der Waals surface area contributed by atoms with Gasteiger partial charge in [-0.1, -0.05) is 12.1 Å². The van der Waals surface area contributed by atoms with Crippen LogP contribution < -0.4 is 11.1 Å². The molecule has 1 aliphatic heterocycles. The van der Waals surface area contributed by atoms with Gasteiger partial charge in [-0.3, -0.25) is 9.59 Å². The van der Waals surface area contributed by atoms with Crippen LogP contribution in [0.1, 0.15) is 23.2 Å². The Hall–Kier alpha value is -1.92. The van der Waals surface area contributed by atoms with Gasteiger partial charge in [-0.15, -0.1) is 0 Å². The summed E-state index contributed by atoms with van der Waals surface area (Å²) in [6.07, 6.45) is 0.880. The molecule has 1 aliphatic rings. The molecule has 3 N–H and O–H groups in total. The van der Waals surface area contributed by atoms with Crippen molar-refractivity contribution in [2.75, 3.05) is 26.0 Å². The molecule has 2 amide bonds. The van der Waals surface area contributed by atoms with Crippen molar-refractivity contribution in [2.45, 2.75) is 25.0 Å². The lowest BCUT2D eigenvalue weighted by molar-refractivity contribution is -0.126. The van der Waals surface area contributed by atoms with Crippen molar-refractivity contribution >= 4 is 17.5 Å². The topological polar surface area (TPSA) is 84.7 Å². The third-order valence-electron chi connectivity index (χ3n) is 3.48. The molecule has 1 fully saturated rings. The van der Waals surface area contributed by atoms with Gasteiger partial charge in [-0.2, -0.15) is 0 Å². The number of para-hydroxylation sites is 1. The Morgan fingerprint density at radius 2 is 2.05 bits per heavy atom. The highest BCUT2D eigenvalue weighted by atomic mass is 16.5. The van der Waals surface area contributed by atoms with E-state index in [2.05, 4.69) is 5.32 Å². The molecule has 1 aromatic carbocycles. The van der Waals surface area contributed by atoms with E-state index in [9.17, 15) is 9.59 Å². The van der Waals surface area contributed by atoms with Crippen molar-refractivity contribution in [2.24, 2.45) is 5.73 Å². The lowest BCUT2D eigenvalue weighted by Crippen LogP contribution is -2.31. The van der Waals surface area contributed by atoms with Crippen LogP contribution in [0.2, 0.25) is 0 Å². The first-order valence-corrected chi connectivity index (χ1v) is 7.00. The molecule has 6 nitrogen and oxygen atoms in total. The number of ether oxygens (including phenoxy) is 1. The molecule has 2 atom stereocenters. The molecule has 0 unspecified atom stereocenters. The van der Waals surface area contributed by atoms with Crippen LogP contribution in [-0.4, -0.2) is 49.6 Å². The highest BCUT2D eigenvalue weighted by Gasteiger charge is 2.30. The normalized spacial score (nSPS) is 21.1. The average Bonchev–Trinajstić information content (AvgIpc) is 2.96. The van der Waals surface area contributed by atoms with Crippen molar-refractivity contribution in [3.8, 4) is 0 Å². The quantitative estimate of drug-likeness (QED) is 0.860. The van der Waals surface area contributed by atoms with Gasteiger partial charge in [-0.25, -0.2) is 0 Å². The lowest BCUT2D eigenvalue weighted by atomic mass is 10.1. The monoisotopic (exact) mass is 291 g/mol. The molecule has 2 rings (SSSR count). The molecule has 0 bridgehead atoms. The van der Waals surface area contributed by atoms with Gasteiger partial charge in [0.05, 0.1) is 17.4 Å². The summed E-state index contributed by atoms with van der Waals surface area (Å²) in [7, 11) is 3.35. The van der Waals surface area contributed by atoms with Crippen LogP contribution >= 0.6 is 0 Å². The highest BCUT2D eigenvalue weighted by molar-refractivity contribution is 6.04. The number of nitrogens with one attached hydrogen (secondary N) is 1. The number of nitrogens with two attached hydrogens (primary N) is 1. The third-order valence-corrected chi connectivity index (χ3v) is 3.48. The first-order chi connectivity index (χ1) is 10.0. The minimum atomic E-state index is -0.499. The molecular weight excluding hydrogens is 270 g/mol. The first-order valence-electron chi connectivity index (χ1n) is 7.00. The fourth-order valence-electron chi connectivity index (χ4n) is 2.30. The standard InChI is InChI=1S/C15H21N3O3/c1-18(2)15(20)11-5-3-4-6-12(11)17-14(19)13-8-7-10(9-16)21-13/h3-6,10,13H,7-9,16H2,1-2H3,(H,17,19)/t10-,13+/m1/s1. The summed E-state index contributed by atoms with van der Waals surface area (Å²) >= 11 is 0. The number of rotatable bonds is 4. The number of hydrogen-bond acceptors (Lipinski definition) is 4. The van der Waals surface area contributed by atoms with Crippen LogP contribution in [0.5, 0.6) is 0 Å². The van der Waals surface area contributed by atoms with E-state index < -0.39 is 6.10 Å². The van der Waals surface area contributed by atoms with E-state index in [1.807, 2.05) is 0 Å². The van der Waals surface area contributed by atoms with Crippen LogP contribution in [0.3, 0.4) is 0 Å². The first kappa shape index (κ1) is 15.5. The smallest absolute Gasteiger partial charge is 0.255 e. The molecule has 1 saturated heterocycles. The van der Waals surface area contributed by atoms with Gasteiger partial charge in [0.15, 0.2) is 0 Å². The SMILES string of the molecule is CN(C)C(=O)c1ccccc1NC(=O)[C@@H]1CC[C@H](CN)O1. The van der Waals surface area contributed by atoms with E-state index >= 15 is 0 Å². The summed E-state index contributed by atoms with van der Waals surface area (Å²) in [6, 6.07) is 6.95. The summed E-state index contributed by atoms with van der Waals surface area (Å²) < 4.78 is 5.56. The molecule has 1 aromatic rings. The molecule has 0 aromatic heterocycles. The van der Waals surface area contributed by atoms with E-state index in [1.54, 1.807) is 38.4 Å². The van der Waals surface area contributed by atoms with Crippen LogP contribution in [0.4, 0.5) is 5.69 Å². The van der Waals surface area contributed by atoms with Gasteiger partial charge in [0.25, 0.3) is 11.8 Å². The fourth-order valence-corrected chi connectivity index (χ4v) is 2.30. The number of benzene rings is 1. The molecule has 0 aliphatic carbocycles. The Labute approximate surface area is 124 Å². The minimum Gasteiger partial charge on any atom is -0.364 e. The minimum absolute atomic E-state index is 0.0561. The van der Waals surface area contributed by atoms with Crippen molar-refractivity contribution in [3.63, 3.8) is 0 Å². The highest BCUT2D eigenvalue weighted by Crippen LogP contribution is 2.22. The van der Waals surface area contributed by atoms with Crippen LogP contribution in [0.15, 0.2) is 24.3 Å². The second kappa shape index (κ2) is 6.69. The Bertz CT molecular complexity index is 531. The largest absolute Gasteiger partial charge is 0.364 e. The number of carbonyl (C=O) groups is 2. The molecule has 0 radical (unpaired) electrons. The summed E-state index contributed by atoms with van der Waals surface area (Å²) in [5.74, 6) is -0.386. The predicted molar refractivity (Wildman–Crippen MR) is 80.0 cm³/mol. The number of hydrogen-bond donors (Lipinski definition) is 2. The second-order valence-corrected chi connectivity index (χ2v) is 5.29. The Morgan fingerprint density at radius 3 is 2.67 bits per heavy atom. The number of carbonyl (C=O) groups excluding carboxylic acids is 2. The zero-order valence-corrected chi connectivity index (χ0v) is 12.3. The number of amides is 2. The van der Waals surface area contributed by atoms with E-state index in [4.69, 9.17) is 10.5 Å². The van der Waals surface area contributed by atoms with Crippen LogP contribution in [0.25, 0.3) is 0 Å². The maximum absolute atomic E-state index is 12.2. The van der Waals surface area contributed by atoms with Gasteiger partial charge in [0.2, 0.25) is 0 Å². The van der Waals surface area contributed by atoms with Gasteiger partial charge in [0, 0.05) is 20.6 Å². The van der Waals surface area contributed by atoms with E-state index in [-0.39, 0.29) is 17.9 Å². The zero-order valence-electron chi connectivity index (χ0n) is 12.3. The lowest BCUT2D eigenvalue weighted by Gasteiger charge is -2.16. The van der Waals surface area contributed by atoms with E-state index in [1.165, 1.54) is 4.90 Å². The van der Waals surface area contributed by atoms with Gasteiger partial charge >= 0.3 is 0 Å². The van der Waals surface area contributed by atoms with Crippen LogP contribution in [0, 0.1) is 0 Å². The zero-order chi connectivity index (χ0) is 15.4. The summed E-state index contributed by atoms with van der Waals surface area (Å²) in [4.78, 5) is 25.8. The van der Waals surface area contributed by atoms with E-state index in [0.29, 0.717) is 24.2 Å². The maximum atomic E-state index is 12.2. The fraction of sp³-hybridized carbons (Fsp3) is 0.467. The number of nitrogens with zero attached hydrogens (tertiary/aromatic N) is 1. The van der Waals surface area contributed by atoms with E-state index in [0.717, 1.165) is 6.42 Å². The summed E-state index contributed by atoms with van der Waals surface area (Å²) in [6.45, 7) is 0.416. The molecular formula is C15H21N3O3. The maximum Gasteiger partial charge on any atom is 0.255 e. The van der Waals surface area contributed by atoms with Crippen molar-refractivity contribution < 1.29 is 14.3 Å². The molecule has 21 heavy (non-hydrogen) atoms. The van der Waals surface area contributed by atoms with Gasteiger partial charge < -0.3 is 20.7 Å². The molecule has 6 heteroatoms. The van der Waals surface area contributed by atoms with Gasteiger partial charge in [0.1, 0.15) is 6.10 Å². The second-order valence-electron chi connectivity index (χ2n) is 5.29. The molecule has 1 heterocycles. The van der Waals surface area contributed by atoms with Crippen molar-refractivity contribution in [1.82, 2.24) is 4.90 Å². The Morgan fingerprint density at radius 1 is 1.33 bits per heavy atom. The van der Waals surface area contributed by atoms with Crippen molar-refractivity contribution in [1.29, 1.82) is 0 Å². The van der Waals surface area contributed by atoms with Crippen LogP contribution in [-0.2, 0) is 9.53 Å². The predicted octanol–water partition coefficient (Wildman–Crippen LogP) is 0.833. The molecule has 0 saturated carbocycles. The summed E-state index contributed by atoms with van der Waals surface area (Å²) in [5.41, 5.74) is 6.50. The Balaban J connectivity index is 2.09. The number of anilines is 1. The summed E-state index contributed by atoms with van der Waals surface area (Å²) in [5, 5.41) is 2.78. The van der Waals surface area contributed by atoms with Gasteiger partial charge in [-0.05, 0) is 25.0 Å². The average molecular weight is 291 g/mol. The molecule has 0 spiro atoms. The Kier molecular flexibility index (Phi) is 4.93. The van der Waals surface area contributed by atoms with Crippen molar-refractivity contribution in [3.05, 3.63) is 29.8 Å².